The molecule has 0 amide bonds. The fourth-order valence-electron chi connectivity index (χ4n) is 2.66. The second-order valence-electron chi connectivity index (χ2n) is 5.98. The number of hydrogen-bond donors (Lipinski definition) is 1. The van der Waals surface area contributed by atoms with Crippen LogP contribution in [0.25, 0.3) is 16.0 Å². The standard InChI is InChI=1S/C19H14FN3OS3/c1-11-5-7-14(8-6-11)23-16-15(27-19(23)25)17(24)22-18(21-16)26-10-12-3-2-4-13(20)9-12/h2-9H,10H2,1H3,(H,21,22,24). The summed E-state index contributed by atoms with van der Waals surface area (Å²) < 4.78 is 16.2. The van der Waals surface area contributed by atoms with Crippen molar-refractivity contribution >= 4 is 45.7 Å². The van der Waals surface area contributed by atoms with Crippen molar-refractivity contribution in [3.05, 3.63) is 79.8 Å². The summed E-state index contributed by atoms with van der Waals surface area (Å²) in [5, 5.41) is 0.477. The molecule has 0 bridgehead atoms. The zero-order valence-corrected chi connectivity index (χ0v) is 16.7. The molecule has 136 valence electrons. The zero-order chi connectivity index (χ0) is 19.0. The molecule has 0 aliphatic rings. The van der Waals surface area contributed by atoms with Crippen LogP contribution in [-0.2, 0) is 5.75 Å². The second-order valence-corrected chi connectivity index (χ2v) is 8.59. The van der Waals surface area contributed by atoms with E-state index in [-0.39, 0.29) is 11.4 Å². The molecule has 0 radical (unpaired) electrons. The number of rotatable bonds is 4. The first-order chi connectivity index (χ1) is 13.0. The zero-order valence-electron chi connectivity index (χ0n) is 14.2. The monoisotopic (exact) mass is 415 g/mol. The van der Waals surface area contributed by atoms with Gasteiger partial charge >= 0.3 is 0 Å². The molecule has 4 aromatic rings. The Balaban J connectivity index is 1.75. The molecule has 0 atom stereocenters. The molecule has 0 fully saturated rings. The van der Waals surface area contributed by atoms with E-state index in [1.165, 1.54) is 35.2 Å². The van der Waals surface area contributed by atoms with E-state index in [0.717, 1.165) is 16.8 Å². The molecular weight excluding hydrogens is 401 g/mol. The van der Waals surface area contributed by atoms with E-state index in [9.17, 15) is 9.18 Å². The maximum Gasteiger partial charge on any atom is 0.271 e. The third-order valence-corrected chi connectivity index (χ3v) is 6.28. The van der Waals surface area contributed by atoms with Crippen molar-refractivity contribution < 1.29 is 4.39 Å². The normalized spacial score (nSPS) is 11.2. The molecule has 0 aliphatic carbocycles. The number of thioether (sulfide) groups is 1. The predicted molar refractivity (Wildman–Crippen MR) is 111 cm³/mol. The van der Waals surface area contributed by atoms with Gasteiger partial charge in [-0.25, -0.2) is 9.37 Å². The fraction of sp³-hybridized carbons (Fsp3) is 0.105. The minimum absolute atomic E-state index is 0.219. The van der Waals surface area contributed by atoms with E-state index in [2.05, 4.69) is 9.97 Å². The van der Waals surface area contributed by atoms with Gasteiger partial charge in [0.05, 0.1) is 0 Å². The summed E-state index contributed by atoms with van der Waals surface area (Å²) >= 11 is 8.06. The summed E-state index contributed by atoms with van der Waals surface area (Å²) in [5.41, 5.74) is 3.16. The molecule has 2 aromatic heterocycles. The van der Waals surface area contributed by atoms with Gasteiger partial charge in [-0.2, -0.15) is 0 Å². The smallest absolute Gasteiger partial charge is 0.271 e. The van der Waals surface area contributed by atoms with Crippen LogP contribution in [0.2, 0.25) is 0 Å². The molecule has 4 rings (SSSR count). The van der Waals surface area contributed by atoms with E-state index >= 15 is 0 Å². The highest BCUT2D eigenvalue weighted by Gasteiger charge is 2.14. The van der Waals surface area contributed by atoms with Crippen molar-refractivity contribution in [1.29, 1.82) is 0 Å². The van der Waals surface area contributed by atoms with Crippen molar-refractivity contribution in [3.63, 3.8) is 0 Å². The van der Waals surface area contributed by atoms with Crippen LogP contribution in [0.4, 0.5) is 4.39 Å². The van der Waals surface area contributed by atoms with Gasteiger partial charge in [0.2, 0.25) is 0 Å². The molecule has 0 aliphatic heterocycles. The van der Waals surface area contributed by atoms with Gasteiger partial charge in [-0.15, -0.1) is 0 Å². The van der Waals surface area contributed by atoms with Gasteiger partial charge in [0, 0.05) is 11.4 Å². The lowest BCUT2D eigenvalue weighted by Gasteiger charge is -2.06. The number of aromatic nitrogens is 3. The molecule has 27 heavy (non-hydrogen) atoms. The number of halogens is 1. The van der Waals surface area contributed by atoms with Gasteiger partial charge in [-0.05, 0) is 49.0 Å². The molecule has 0 saturated carbocycles. The van der Waals surface area contributed by atoms with Gasteiger partial charge in [-0.1, -0.05) is 52.9 Å². The number of H-pyrrole nitrogens is 1. The second kappa shape index (κ2) is 7.38. The molecule has 4 nitrogen and oxygen atoms in total. The van der Waals surface area contributed by atoms with E-state index in [1.807, 2.05) is 41.8 Å². The molecule has 0 unspecified atom stereocenters. The third kappa shape index (κ3) is 3.73. The minimum Gasteiger partial charge on any atom is -0.300 e. The lowest BCUT2D eigenvalue weighted by molar-refractivity contribution is 0.626. The Kier molecular flexibility index (Phi) is 4.94. The first kappa shape index (κ1) is 18.1. The highest BCUT2D eigenvalue weighted by molar-refractivity contribution is 7.98. The number of nitrogens with one attached hydrogen (secondary N) is 1. The largest absolute Gasteiger partial charge is 0.300 e. The number of aromatic amines is 1. The van der Waals surface area contributed by atoms with Crippen molar-refractivity contribution in [3.8, 4) is 5.69 Å². The van der Waals surface area contributed by atoms with E-state index in [4.69, 9.17) is 12.2 Å². The Bertz CT molecular complexity index is 1240. The number of thiazole rings is 1. The SMILES string of the molecule is Cc1ccc(-n2c(=S)sc3c(=O)[nH]c(SCc4cccc(F)c4)nc32)cc1. The van der Waals surface area contributed by atoms with Gasteiger partial charge in [0.1, 0.15) is 10.5 Å². The average Bonchev–Trinajstić information content (AvgIpc) is 2.98. The van der Waals surface area contributed by atoms with Crippen LogP contribution in [0.3, 0.4) is 0 Å². The molecule has 2 heterocycles. The van der Waals surface area contributed by atoms with Gasteiger partial charge in [0.15, 0.2) is 14.8 Å². The number of nitrogens with zero attached hydrogens (tertiary/aromatic N) is 2. The van der Waals surface area contributed by atoms with Crippen LogP contribution in [0.1, 0.15) is 11.1 Å². The summed E-state index contributed by atoms with van der Waals surface area (Å²) in [6, 6.07) is 14.3. The lowest BCUT2D eigenvalue weighted by Crippen LogP contribution is -2.09. The maximum atomic E-state index is 13.3. The first-order valence-electron chi connectivity index (χ1n) is 8.11. The average molecular weight is 416 g/mol. The Labute approximate surface area is 167 Å². The Morgan fingerprint density at radius 1 is 1.26 bits per heavy atom. The molecule has 8 heteroatoms. The van der Waals surface area contributed by atoms with E-state index in [1.54, 1.807) is 6.07 Å². The lowest BCUT2D eigenvalue weighted by atomic mass is 10.2. The molecule has 0 spiro atoms. The number of hydrogen-bond acceptors (Lipinski definition) is 5. The fourth-order valence-corrected chi connectivity index (χ4v) is 4.73. The van der Waals surface area contributed by atoms with Crippen LogP contribution in [-0.4, -0.2) is 14.5 Å². The Morgan fingerprint density at radius 3 is 2.78 bits per heavy atom. The van der Waals surface area contributed by atoms with E-state index in [0.29, 0.717) is 25.2 Å². The number of benzene rings is 2. The van der Waals surface area contributed by atoms with Crippen LogP contribution in [0.5, 0.6) is 0 Å². The third-order valence-electron chi connectivity index (χ3n) is 3.98. The highest BCUT2D eigenvalue weighted by Crippen LogP contribution is 2.26. The van der Waals surface area contributed by atoms with Crippen LogP contribution >= 0.6 is 35.3 Å². The van der Waals surface area contributed by atoms with Gasteiger partial charge < -0.3 is 4.98 Å². The predicted octanol–water partition coefficient (Wildman–Crippen LogP) is 5.24. The maximum absolute atomic E-state index is 13.3. The summed E-state index contributed by atoms with van der Waals surface area (Å²) in [6.45, 7) is 2.01. The first-order valence-corrected chi connectivity index (χ1v) is 10.3. The van der Waals surface area contributed by atoms with Crippen molar-refractivity contribution in [2.45, 2.75) is 17.8 Å². The highest BCUT2D eigenvalue weighted by atomic mass is 32.2. The van der Waals surface area contributed by atoms with Crippen molar-refractivity contribution in [1.82, 2.24) is 14.5 Å². The summed E-state index contributed by atoms with van der Waals surface area (Å²) in [6.07, 6.45) is 0. The molecular formula is C19H14FN3OS3. The minimum atomic E-state index is -0.282. The Hall–Kier alpha value is -2.29. The topological polar surface area (TPSA) is 50.7 Å². The number of aryl methyl sites for hydroxylation is 1. The quantitative estimate of drug-likeness (QED) is 0.281. The van der Waals surface area contributed by atoms with Crippen molar-refractivity contribution in [2.24, 2.45) is 0 Å². The van der Waals surface area contributed by atoms with E-state index < -0.39 is 0 Å². The summed E-state index contributed by atoms with van der Waals surface area (Å²) in [4.78, 5) is 19.9. The summed E-state index contributed by atoms with van der Waals surface area (Å²) in [7, 11) is 0. The van der Waals surface area contributed by atoms with Crippen LogP contribution in [0, 0.1) is 16.7 Å². The van der Waals surface area contributed by atoms with Crippen molar-refractivity contribution in [2.75, 3.05) is 0 Å². The number of fused-ring (bicyclic) bond motifs is 1. The summed E-state index contributed by atoms with van der Waals surface area (Å²) in [5.74, 6) is 0.220. The molecule has 2 aromatic carbocycles. The van der Waals surface area contributed by atoms with Crippen LogP contribution < -0.4 is 5.56 Å². The van der Waals surface area contributed by atoms with Gasteiger partial charge in [-0.3, -0.25) is 9.36 Å². The molecule has 0 saturated heterocycles. The van der Waals surface area contributed by atoms with Gasteiger partial charge in [0.25, 0.3) is 5.56 Å². The van der Waals surface area contributed by atoms with Crippen LogP contribution in [0.15, 0.2) is 58.5 Å². The molecule has 1 N–H and O–H groups in total. The Morgan fingerprint density at radius 2 is 2.04 bits per heavy atom.